The lowest BCUT2D eigenvalue weighted by molar-refractivity contribution is 0.171. The third-order valence-electron chi connectivity index (χ3n) is 3.13. The number of sulfonamides is 1. The van der Waals surface area contributed by atoms with Gasteiger partial charge in [0.05, 0.1) is 18.6 Å². The van der Waals surface area contributed by atoms with Crippen molar-refractivity contribution in [1.29, 1.82) is 0 Å². The molecule has 0 aliphatic carbocycles. The van der Waals surface area contributed by atoms with Gasteiger partial charge in [0.15, 0.2) is 11.5 Å². The molecular formula is C14H15N3O5S. The van der Waals surface area contributed by atoms with Crippen LogP contribution in [0.3, 0.4) is 0 Å². The maximum absolute atomic E-state index is 12.4. The summed E-state index contributed by atoms with van der Waals surface area (Å²) in [6.07, 6.45) is 1.50. The van der Waals surface area contributed by atoms with Crippen LogP contribution < -0.4 is 18.9 Å². The molecule has 1 aliphatic rings. The molecule has 0 unspecified atom stereocenters. The number of methoxy groups -OCH3 is 1. The van der Waals surface area contributed by atoms with Crippen molar-refractivity contribution in [2.75, 3.05) is 20.3 Å². The molecule has 23 heavy (non-hydrogen) atoms. The van der Waals surface area contributed by atoms with Gasteiger partial charge in [0.2, 0.25) is 15.9 Å². The number of benzene rings is 1. The fourth-order valence-corrected chi connectivity index (χ4v) is 3.01. The highest BCUT2D eigenvalue weighted by Gasteiger charge is 2.19. The monoisotopic (exact) mass is 337 g/mol. The van der Waals surface area contributed by atoms with Gasteiger partial charge < -0.3 is 14.2 Å². The van der Waals surface area contributed by atoms with Crippen molar-refractivity contribution in [1.82, 2.24) is 14.7 Å². The summed E-state index contributed by atoms with van der Waals surface area (Å²) in [5.74, 6) is 1.63. The van der Waals surface area contributed by atoms with Crippen molar-refractivity contribution in [3.63, 3.8) is 0 Å². The lowest BCUT2D eigenvalue weighted by Crippen LogP contribution is -2.24. The first kappa shape index (κ1) is 15.5. The number of nitrogens with one attached hydrogen (secondary N) is 1. The number of aromatic nitrogens is 2. The summed E-state index contributed by atoms with van der Waals surface area (Å²) in [4.78, 5) is 8.13. The number of nitrogens with zero attached hydrogens (tertiary/aromatic N) is 2. The van der Waals surface area contributed by atoms with Crippen molar-refractivity contribution in [3.05, 3.63) is 36.3 Å². The molecule has 1 aliphatic heterocycles. The third kappa shape index (κ3) is 3.51. The van der Waals surface area contributed by atoms with E-state index >= 15 is 0 Å². The topological polar surface area (TPSA) is 99.6 Å². The fraction of sp³-hybridized carbons (Fsp3) is 0.286. The van der Waals surface area contributed by atoms with Crippen LogP contribution in [-0.4, -0.2) is 38.7 Å². The maximum Gasteiger partial charge on any atom is 0.241 e. The molecule has 2 heterocycles. The Labute approximate surface area is 133 Å². The zero-order valence-corrected chi connectivity index (χ0v) is 13.2. The van der Waals surface area contributed by atoms with E-state index in [2.05, 4.69) is 14.7 Å². The molecule has 3 rings (SSSR count). The van der Waals surface area contributed by atoms with Gasteiger partial charge in [-0.3, -0.25) is 0 Å². The molecule has 0 fully saturated rings. The van der Waals surface area contributed by atoms with Crippen LogP contribution in [0.15, 0.2) is 35.4 Å². The molecule has 0 amide bonds. The molecule has 122 valence electrons. The molecule has 1 aromatic carbocycles. The van der Waals surface area contributed by atoms with E-state index in [1.165, 1.54) is 25.4 Å². The Morgan fingerprint density at radius 3 is 2.78 bits per heavy atom. The predicted molar refractivity (Wildman–Crippen MR) is 80.0 cm³/mol. The number of rotatable bonds is 5. The second-order valence-corrected chi connectivity index (χ2v) is 6.41. The van der Waals surface area contributed by atoms with Crippen molar-refractivity contribution < 1.29 is 22.6 Å². The van der Waals surface area contributed by atoms with Crippen LogP contribution in [0.2, 0.25) is 0 Å². The van der Waals surface area contributed by atoms with Crippen LogP contribution in [0.5, 0.6) is 17.4 Å². The molecule has 1 N–H and O–H groups in total. The summed E-state index contributed by atoms with van der Waals surface area (Å²) in [5, 5.41) is 0. The minimum absolute atomic E-state index is 0.0476. The number of hydrogen-bond acceptors (Lipinski definition) is 7. The van der Waals surface area contributed by atoms with Crippen LogP contribution in [0.4, 0.5) is 0 Å². The highest BCUT2D eigenvalue weighted by atomic mass is 32.2. The van der Waals surface area contributed by atoms with E-state index < -0.39 is 10.0 Å². The van der Waals surface area contributed by atoms with Crippen LogP contribution in [0.1, 0.15) is 5.82 Å². The summed E-state index contributed by atoms with van der Waals surface area (Å²) in [5.41, 5.74) is 0. The average Bonchev–Trinajstić information content (AvgIpc) is 2.60. The minimum Gasteiger partial charge on any atom is -0.486 e. The molecule has 0 bridgehead atoms. The summed E-state index contributed by atoms with van der Waals surface area (Å²) in [6, 6.07) is 6.05. The van der Waals surface area contributed by atoms with Gasteiger partial charge in [-0.05, 0) is 12.1 Å². The van der Waals surface area contributed by atoms with Crippen molar-refractivity contribution in [3.8, 4) is 17.4 Å². The smallest absolute Gasteiger partial charge is 0.241 e. The van der Waals surface area contributed by atoms with Gasteiger partial charge in [-0.25, -0.2) is 18.1 Å². The highest BCUT2D eigenvalue weighted by Crippen LogP contribution is 2.32. The number of hydrogen-bond donors (Lipinski definition) is 1. The Balaban J connectivity index is 1.76. The van der Waals surface area contributed by atoms with E-state index in [1.807, 2.05) is 0 Å². The zero-order valence-electron chi connectivity index (χ0n) is 12.4. The molecule has 0 spiro atoms. The van der Waals surface area contributed by atoms with Gasteiger partial charge in [0.1, 0.15) is 19.0 Å². The predicted octanol–water partition coefficient (Wildman–Crippen LogP) is 0.735. The first-order valence-corrected chi connectivity index (χ1v) is 8.32. The van der Waals surface area contributed by atoms with Gasteiger partial charge >= 0.3 is 0 Å². The summed E-state index contributed by atoms with van der Waals surface area (Å²) in [6.45, 7) is 0.792. The second-order valence-electron chi connectivity index (χ2n) is 4.65. The molecular weight excluding hydrogens is 322 g/mol. The summed E-state index contributed by atoms with van der Waals surface area (Å²) in [7, 11) is -2.24. The molecule has 0 atom stereocenters. The lowest BCUT2D eigenvalue weighted by Gasteiger charge is -2.18. The van der Waals surface area contributed by atoms with Crippen LogP contribution in [-0.2, 0) is 16.6 Å². The Kier molecular flexibility index (Phi) is 4.30. The van der Waals surface area contributed by atoms with Gasteiger partial charge in [-0.15, -0.1) is 0 Å². The molecule has 0 radical (unpaired) electrons. The van der Waals surface area contributed by atoms with Gasteiger partial charge in [0, 0.05) is 18.3 Å². The first-order valence-electron chi connectivity index (χ1n) is 6.84. The Morgan fingerprint density at radius 1 is 1.22 bits per heavy atom. The second kappa shape index (κ2) is 6.39. The Bertz CT molecular complexity index is 810. The lowest BCUT2D eigenvalue weighted by atomic mass is 10.3. The third-order valence-corrected chi connectivity index (χ3v) is 4.53. The highest BCUT2D eigenvalue weighted by molar-refractivity contribution is 7.89. The summed E-state index contributed by atoms with van der Waals surface area (Å²) < 4.78 is 42.9. The van der Waals surface area contributed by atoms with Gasteiger partial charge in [-0.1, -0.05) is 0 Å². The van der Waals surface area contributed by atoms with Crippen molar-refractivity contribution >= 4 is 10.0 Å². The molecule has 2 aromatic rings. The largest absolute Gasteiger partial charge is 0.486 e. The van der Waals surface area contributed by atoms with Crippen LogP contribution >= 0.6 is 0 Å². The quantitative estimate of drug-likeness (QED) is 0.858. The molecule has 1 aromatic heterocycles. The normalized spacial score (nSPS) is 13.6. The maximum atomic E-state index is 12.4. The number of ether oxygens (including phenoxy) is 3. The minimum atomic E-state index is -3.72. The van der Waals surface area contributed by atoms with E-state index in [4.69, 9.17) is 14.2 Å². The summed E-state index contributed by atoms with van der Waals surface area (Å²) >= 11 is 0. The van der Waals surface area contributed by atoms with E-state index in [9.17, 15) is 8.42 Å². The van der Waals surface area contributed by atoms with Gasteiger partial charge in [-0.2, -0.15) is 4.98 Å². The fourth-order valence-electron chi connectivity index (χ4n) is 2.01. The molecule has 9 heteroatoms. The average molecular weight is 337 g/mol. The Hall–Kier alpha value is -2.39. The van der Waals surface area contributed by atoms with E-state index in [1.54, 1.807) is 12.1 Å². The van der Waals surface area contributed by atoms with Crippen molar-refractivity contribution in [2.24, 2.45) is 0 Å². The SMILES string of the molecule is COc1ccnc(CNS(=O)(=O)c2ccc3c(c2)OCCO3)n1. The molecule has 0 saturated carbocycles. The Morgan fingerprint density at radius 2 is 2.00 bits per heavy atom. The van der Waals surface area contributed by atoms with Crippen LogP contribution in [0.25, 0.3) is 0 Å². The van der Waals surface area contributed by atoms with Gasteiger partial charge in [0.25, 0.3) is 0 Å². The van der Waals surface area contributed by atoms with E-state index in [0.717, 1.165) is 0 Å². The van der Waals surface area contributed by atoms with E-state index in [0.29, 0.717) is 36.4 Å². The molecule has 0 saturated heterocycles. The number of fused-ring (bicyclic) bond motifs is 1. The standard InChI is InChI=1S/C14H15N3O5S/c1-20-14-4-5-15-13(17-14)9-16-23(18,19)10-2-3-11-12(8-10)22-7-6-21-11/h2-5,8,16H,6-7,9H2,1H3. The first-order chi connectivity index (χ1) is 11.1. The van der Waals surface area contributed by atoms with E-state index in [-0.39, 0.29) is 11.4 Å². The molecule has 8 nitrogen and oxygen atoms in total. The van der Waals surface area contributed by atoms with Crippen LogP contribution in [0, 0.1) is 0 Å². The van der Waals surface area contributed by atoms with Crippen molar-refractivity contribution in [2.45, 2.75) is 11.4 Å². The zero-order chi connectivity index (χ0) is 16.3.